The van der Waals surface area contributed by atoms with E-state index in [1.807, 2.05) is 51.1 Å². The van der Waals surface area contributed by atoms with Gasteiger partial charge in [0.05, 0.1) is 207 Å². The number of Topliss-reactive ketones (excluding diaryl/α,β-unsaturated/α-hetero) is 2. The van der Waals surface area contributed by atoms with E-state index in [2.05, 4.69) is 26.6 Å². The number of aliphatic hydroxyl groups is 4. The molecule has 45 heteroatoms. The Hall–Kier alpha value is -9.47. The quantitative estimate of drug-likeness (QED) is 0.0326. The zero-order valence-corrected chi connectivity index (χ0v) is 88.5. The third-order valence-corrected chi connectivity index (χ3v) is 24.9. The van der Waals surface area contributed by atoms with Crippen LogP contribution in [0.5, 0.6) is 5.75 Å². The molecule has 2 aromatic rings. The van der Waals surface area contributed by atoms with E-state index < -0.39 is 200 Å². The maximum Gasteiger partial charge on any atom is 0.410 e. The summed E-state index contributed by atoms with van der Waals surface area (Å²) in [4.78, 5) is 185. The van der Waals surface area contributed by atoms with Crippen molar-refractivity contribution in [2.24, 2.45) is 35.5 Å². The number of aliphatic hydroxyl groups excluding tert-OH is 4. The molecule has 10 N–H and O–H groups in total. The van der Waals surface area contributed by atoms with E-state index in [1.54, 1.807) is 79.3 Å². The number of hydrogen-bond acceptors (Lipinski definition) is 35. The number of benzene rings is 2. The fraction of sp³-hybridized carbons (Fsp3) is 0.735. The third kappa shape index (κ3) is 46.5. The Morgan fingerprint density at radius 1 is 0.571 bits per heavy atom. The molecule has 0 aliphatic carbocycles. The summed E-state index contributed by atoms with van der Waals surface area (Å²) in [5.41, 5.74) is -0.405. The van der Waals surface area contributed by atoms with E-state index in [1.165, 1.54) is 39.5 Å². The van der Waals surface area contributed by atoms with Gasteiger partial charge in [0.15, 0.2) is 11.9 Å². The number of carboxylic acids is 1. The molecule has 3 aliphatic heterocycles. The minimum absolute atomic E-state index is 0.0103. The van der Waals surface area contributed by atoms with Gasteiger partial charge in [0, 0.05) is 105 Å². The first-order valence-electron chi connectivity index (χ1n) is 50.7. The number of hydrogen-bond donors (Lipinski definition) is 10. The smallest absolute Gasteiger partial charge is 0.410 e. The molecule has 3 aliphatic rings. The summed E-state index contributed by atoms with van der Waals surface area (Å²) < 4.78 is 100. The molecule has 2 saturated heterocycles. The number of anilines is 1. The average Bonchev–Trinajstić information content (AvgIpc) is 1.17. The number of alkyl carbamates (subject to hydrolysis) is 1. The van der Waals surface area contributed by atoms with Crippen molar-refractivity contribution in [2.75, 3.05) is 219 Å². The number of unbranched alkanes of at least 4 members (excludes halogenated alkanes) is 1. The summed E-state index contributed by atoms with van der Waals surface area (Å²) in [6.45, 7) is 27.2. The van der Waals surface area contributed by atoms with Crippen LogP contribution in [0.3, 0.4) is 0 Å². The normalized spacial score (nSPS) is 18.6. The molecule has 147 heavy (non-hydrogen) atoms. The maximum atomic E-state index is 15.1. The number of amides is 10. The van der Waals surface area contributed by atoms with Crippen LogP contribution in [-0.2, 0) is 140 Å². The number of carboxylic acid groups (broad SMARTS) is 1. The Balaban J connectivity index is 1.15. The van der Waals surface area contributed by atoms with Crippen molar-refractivity contribution < 1.29 is 173 Å². The summed E-state index contributed by atoms with van der Waals surface area (Å²) in [6.07, 6.45) is -11.8. The van der Waals surface area contributed by atoms with Crippen molar-refractivity contribution in [1.82, 2.24) is 40.9 Å². The van der Waals surface area contributed by atoms with E-state index in [0.717, 1.165) is 17.1 Å². The van der Waals surface area contributed by atoms with Gasteiger partial charge in [-0.3, -0.25) is 52.8 Å². The van der Waals surface area contributed by atoms with Gasteiger partial charge in [-0.25, -0.2) is 14.4 Å². The van der Waals surface area contributed by atoms with Gasteiger partial charge in [0.25, 0.3) is 11.8 Å². The molecule has 0 unspecified atom stereocenters. The van der Waals surface area contributed by atoms with Gasteiger partial charge in [0.1, 0.15) is 54.1 Å². The largest absolute Gasteiger partial charge is 0.479 e. The number of carbonyl (C=O) groups excluding carboxylic acids is 12. The molecule has 5 rings (SSSR count). The number of nitrogens with zero attached hydrogens (tertiary/aromatic N) is 4. The van der Waals surface area contributed by atoms with Gasteiger partial charge in [0.2, 0.25) is 41.7 Å². The van der Waals surface area contributed by atoms with Gasteiger partial charge in [-0.15, -0.1) is 0 Å². The second-order valence-corrected chi connectivity index (χ2v) is 37.9. The second-order valence-electron chi connectivity index (χ2n) is 37.9. The van der Waals surface area contributed by atoms with Crippen LogP contribution >= 0.6 is 0 Å². The molecule has 45 nitrogen and oxygen atoms in total. The molecular weight excluding hydrogens is 1930 g/mol. The lowest BCUT2D eigenvalue weighted by Crippen LogP contribution is -2.61. The summed E-state index contributed by atoms with van der Waals surface area (Å²) >= 11 is 0. The van der Waals surface area contributed by atoms with Crippen molar-refractivity contribution in [3.63, 3.8) is 0 Å². The monoisotopic (exact) mass is 2090 g/mol. The number of ether oxygens (including phenoxy) is 18. The summed E-state index contributed by atoms with van der Waals surface area (Å²) in [5.74, 6) is -11.5. The maximum absolute atomic E-state index is 15.1. The minimum atomic E-state index is -2.12. The predicted molar refractivity (Wildman–Crippen MR) is 532 cm³/mol. The Morgan fingerprint density at radius 3 is 1.61 bits per heavy atom. The Kier molecular flexibility index (Phi) is 61.4. The van der Waals surface area contributed by atoms with Crippen LogP contribution in [0.25, 0.3) is 0 Å². The molecule has 0 radical (unpaired) electrons. The average molecular weight is 2090 g/mol. The van der Waals surface area contributed by atoms with Crippen LogP contribution in [0.2, 0.25) is 0 Å². The molecule has 10 amide bonds. The molecule has 3 heterocycles. The Morgan fingerprint density at radius 2 is 1.11 bits per heavy atom. The van der Waals surface area contributed by atoms with Gasteiger partial charge in [-0.05, 0) is 99.8 Å². The summed E-state index contributed by atoms with van der Waals surface area (Å²) in [7, 11) is 7.59. The molecule has 0 saturated carbocycles. The van der Waals surface area contributed by atoms with E-state index >= 15 is 4.79 Å². The molecule has 0 bridgehead atoms. The highest BCUT2D eigenvalue weighted by molar-refractivity contribution is 6.15. The third-order valence-electron chi connectivity index (χ3n) is 24.9. The van der Waals surface area contributed by atoms with Crippen molar-refractivity contribution in [2.45, 2.75) is 238 Å². The molecule has 834 valence electrons. The van der Waals surface area contributed by atoms with Crippen molar-refractivity contribution in [3.05, 3.63) is 71.8 Å². The SMILES string of the molecule is CC[C@H](C)[C@@H]([C@@H](CC(=O)N1CCC[C@H]1[C@H](OC)[C@@H](C)C(=O)C[C@H](C)[C@@H](O)c1ccccc1)OC)N(C)C(=O)[C@@H](CC(=O)[C@H](C(C)C)N(C)C(=O)OCc1ccc(O[C@@H]2O[C@H](C(=O)O)[C@@H](O)[C@H](O)[C@H]2O)c(NC(=O)CCNC(=O)[C@H](CCCCNC(=O)CCOCCOCCOCCOCCOCCOCCOCCOCCOCCOCCOCCOC)NC(=O)[C@H](CNC(=O)OC(C)(C)C)N2C(=O)C=CC2=O)c1)C(C)C. The lowest BCUT2D eigenvalue weighted by molar-refractivity contribution is -0.271. The number of likely N-dealkylation sites (tertiary alicyclic amines) is 1. The highest BCUT2D eigenvalue weighted by Crippen LogP contribution is 2.36. The van der Waals surface area contributed by atoms with Gasteiger partial charge < -0.3 is 152 Å². The van der Waals surface area contributed by atoms with E-state index in [0.29, 0.717) is 168 Å². The number of ketones is 2. The van der Waals surface area contributed by atoms with Crippen LogP contribution < -0.4 is 31.3 Å². The van der Waals surface area contributed by atoms with Crippen LogP contribution in [0.1, 0.15) is 164 Å². The lowest BCUT2D eigenvalue weighted by Gasteiger charge is -2.41. The van der Waals surface area contributed by atoms with Crippen LogP contribution in [0.15, 0.2) is 60.7 Å². The topological polar surface area (TPSA) is 562 Å². The van der Waals surface area contributed by atoms with Crippen LogP contribution in [0, 0.1) is 35.5 Å². The van der Waals surface area contributed by atoms with E-state index in [4.69, 9.17) is 85.3 Å². The van der Waals surface area contributed by atoms with Crippen molar-refractivity contribution in [3.8, 4) is 5.75 Å². The molecule has 0 aromatic heterocycles. The van der Waals surface area contributed by atoms with Crippen molar-refractivity contribution in [1.29, 1.82) is 0 Å². The molecule has 2 aromatic carbocycles. The fourth-order valence-corrected chi connectivity index (χ4v) is 16.8. The standard InChI is InChI=1S/C102H165N9O36/c1-17-68(6)88(81(131-15)63-86(118)110-36-23-27-76(110)93(132-16)70(8)78(112)60-69(7)89(119)72-24-19-18-20-25-72)108(12)97(125)73(66(2)3)62-79(113)87(67(4)5)109(13)101(129)144-65-71-28-29-80(145-99-92(122)90(120)91(121)94(146-99)98(126)127)75(61-71)106-83(115)32-35-104-95(123)74(107-96(124)77(111-84(116)30-31-85(111)117)64-105-100(128)147-102(9,10)11)26-21-22-34-103-82(114)33-37-133-40-41-135-44-45-137-48-49-139-52-53-141-56-57-143-59-58-142-55-54-140-51-50-138-47-46-136-43-42-134-39-38-130-14/h18-20,24-25,28-31,61,66-70,73-74,76-77,81,87-94,99,119-122H,17,21-23,26-27,32-60,62-65H2,1-16H3,(H,103,114)(H,104,123)(H,105,128)(H,106,115)(H,107,124)(H,126,127)/t68-,69-,70-,73-,74-,76-,77-,81+,87-,88-,89+,90-,91-,92+,93+,94-,99+/m0/s1. The predicted octanol–water partition coefficient (Wildman–Crippen LogP) is 4.28. The zero-order chi connectivity index (χ0) is 109. The van der Waals surface area contributed by atoms with E-state index in [9.17, 15) is 83.1 Å². The number of imide groups is 1. The number of carbonyl (C=O) groups is 13. The number of likely N-dealkylation sites (N-methyl/N-ethyl adjacent to an activating group) is 2. The van der Waals surface area contributed by atoms with Gasteiger partial charge >= 0.3 is 18.2 Å². The number of methoxy groups -OCH3 is 3. The second kappa shape index (κ2) is 70.6. The molecular formula is C102H165N9O36. The fourth-order valence-electron chi connectivity index (χ4n) is 16.8. The summed E-state index contributed by atoms with van der Waals surface area (Å²) in [5, 5.41) is 66.2. The molecule has 0 spiro atoms. The highest BCUT2D eigenvalue weighted by atomic mass is 16.7. The first kappa shape index (κ1) is 128. The van der Waals surface area contributed by atoms with Gasteiger partial charge in [-0.1, -0.05) is 98.2 Å². The number of nitrogens with one attached hydrogen (secondary N) is 5. The lowest BCUT2D eigenvalue weighted by atomic mass is 9.83. The first-order valence-corrected chi connectivity index (χ1v) is 50.7. The first-order chi connectivity index (χ1) is 70.2. The Bertz CT molecular complexity index is 4270. The van der Waals surface area contributed by atoms with Gasteiger partial charge in [-0.2, -0.15) is 0 Å². The Labute approximate surface area is 863 Å². The van der Waals surface area contributed by atoms with Crippen LogP contribution in [-0.4, -0.2) is 414 Å². The van der Waals surface area contributed by atoms with E-state index in [-0.39, 0.29) is 112 Å². The summed E-state index contributed by atoms with van der Waals surface area (Å²) in [6, 6.07) is 7.44. The van der Waals surface area contributed by atoms with Crippen molar-refractivity contribution >= 4 is 82.7 Å². The highest BCUT2D eigenvalue weighted by Gasteiger charge is 2.50. The number of aliphatic carboxylic acids is 1. The minimum Gasteiger partial charge on any atom is -0.479 e. The molecule has 17 atom stereocenters. The zero-order valence-electron chi connectivity index (χ0n) is 88.5. The number of rotatable bonds is 78. The molecule has 2 fully saturated rings. The van der Waals surface area contributed by atoms with Crippen LogP contribution in [0.4, 0.5) is 15.3 Å².